The molecule has 128 valence electrons. The standard InChI is InChI=1S/C24H20BrN/c25-24(26)16-14-21(15-17-24)23-9-5-4-8-22(23)20-12-10-19(11-13-20)18-6-2-1-3-7-18/h1-16H,17,26H2. The number of rotatable bonds is 3. The Balaban J connectivity index is 1.69. The van der Waals surface area contributed by atoms with Crippen LogP contribution in [0.4, 0.5) is 0 Å². The van der Waals surface area contributed by atoms with Crippen molar-refractivity contribution in [1.82, 2.24) is 0 Å². The molecule has 0 radical (unpaired) electrons. The molecule has 1 aliphatic rings. The van der Waals surface area contributed by atoms with Crippen molar-refractivity contribution in [3.63, 3.8) is 0 Å². The maximum Gasteiger partial charge on any atom is 0.0940 e. The molecule has 1 aliphatic carbocycles. The second kappa shape index (κ2) is 7.06. The minimum Gasteiger partial charge on any atom is -0.313 e. The first-order valence-electron chi connectivity index (χ1n) is 8.75. The molecular weight excluding hydrogens is 382 g/mol. The predicted octanol–water partition coefficient (Wildman–Crippen LogP) is 6.41. The van der Waals surface area contributed by atoms with Crippen molar-refractivity contribution in [2.45, 2.75) is 10.9 Å². The van der Waals surface area contributed by atoms with E-state index in [2.05, 4.69) is 101 Å². The topological polar surface area (TPSA) is 26.0 Å². The maximum absolute atomic E-state index is 6.12. The van der Waals surface area contributed by atoms with Crippen LogP contribution in [0.5, 0.6) is 0 Å². The van der Waals surface area contributed by atoms with Gasteiger partial charge in [0.05, 0.1) is 4.45 Å². The molecule has 1 nitrogen and oxygen atoms in total. The molecule has 3 aromatic carbocycles. The highest BCUT2D eigenvalue weighted by atomic mass is 79.9. The van der Waals surface area contributed by atoms with Gasteiger partial charge in [-0.15, -0.1) is 0 Å². The smallest absolute Gasteiger partial charge is 0.0940 e. The SMILES string of the molecule is NC1(Br)C=CC(c2ccccc2-c2ccc(-c3ccccc3)cc2)=CC1. The lowest BCUT2D eigenvalue weighted by molar-refractivity contribution is 0.777. The van der Waals surface area contributed by atoms with Gasteiger partial charge in [0.15, 0.2) is 0 Å². The highest BCUT2D eigenvalue weighted by Crippen LogP contribution is 2.35. The van der Waals surface area contributed by atoms with Crippen LogP contribution >= 0.6 is 15.9 Å². The van der Waals surface area contributed by atoms with Gasteiger partial charge in [-0.05, 0) is 39.8 Å². The molecule has 4 rings (SSSR count). The minimum atomic E-state index is -0.428. The first kappa shape index (κ1) is 17.0. The van der Waals surface area contributed by atoms with E-state index in [1.165, 1.54) is 33.4 Å². The van der Waals surface area contributed by atoms with Crippen LogP contribution in [0, 0.1) is 0 Å². The first-order valence-corrected chi connectivity index (χ1v) is 9.54. The summed E-state index contributed by atoms with van der Waals surface area (Å²) < 4.78 is -0.428. The van der Waals surface area contributed by atoms with Gasteiger partial charge in [-0.2, -0.15) is 0 Å². The quantitative estimate of drug-likeness (QED) is 0.397. The molecule has 1 atom stereocenters. The van der Waals surface area contributed by atoms with E-state index in [0.29, 0.717) is 0 Å². The summed E-state index contributed by atoms with van der Waals surface area (Å²) in [6.07, 6.45) is 7.11. The van der Waals surface area contributed by atoms with Gasteiger partial charge in [0.25, 0.3) is 0 Å². The number of hydrogen-bond acceptors (Lipinski definition) is 1. The summed E-state index contributed by atoms with van der Waals surface area (Å²) in [5.74, 6) is 0. The van der Waals surface area contributed by atoms with Gasteiger partial charge in [0.2, 0.25) is 0 Å². The third-order valence-corrected chi connectivity index (χ3v) is 5.30. The van der Waals surface area contributed by atoms with Crippen LogP contribution < -0.4 is 5.73 Å². The summed E-state index contributed by atoms with van der Waals surface area (Å²) in [6.45, 7) is 0. The zero-order valence-corrected chi connectivity index (χ0v) is 16.0. The molecule has 0 bridgehead atoms. The monoisotopic (exact) mass is 401 g/mol. The second-order valence-electron chi connectivity index (χ2n) is 6.61. The number of nitrogens with two attached hydrogens (primary N) is 1. The molecule has 0 aliphatic heterocycles. The van der Waals surface area contributed by atoms with E-state index in [1.807, 2.05) is 12.1 Å². The molecule has 0 fully saturated rings. The summed E-state index contributed by atoms with van der Waals surface area (Å²) in [5.41, 5.74) is 13.5. The first-order chi connectivity index (χ1) is 12.6. The maximum atomic E-state index is 6.12. The Hall–Kier alpha value is -2.42. The highest BCUT2D eigenvalue weighted by molar-refractivity contribution is 9.10. The van der Waals surface area contributed by atoms with Crippen molar-refractivity contribution in [3.8, 4) is 22.3 Å². The summed E-state index contributed by atoms with van der Waals surface area (Å²) >= 11 is 3.53. The summed E-state index contributed by atoms with van der Waals surface area (Å²) in [7, 11) is 0. The number of benzene rings is 3. The number of alkyl halides is 1. The van der Waals surface area contributed by atoms with Gasteiger partial charge in [0, 0.05) is 0 Å². The molecule has 0 saturated carbocycles. The molecule has 2 heteroatoms. The molecule has 1 unspecified atom stereocenters. The second-order valence-corrected chi connectivity index (χ2v) is 8.09. The van der Waals surface area contributed by atoms with Crippen molar-refractivity contribution in [2.75, 3.05) is 0 Å². The molecule has 3 aromatic rings. The third-order valence-electron chi connectivity index (χ3n) is 4.72. The number of allylic oxidation sites excluding steroid dienone is 2. The van der Waals surface area contributed by atoms with E-state index in [-0.39, 0.29) is 0 Å². The van der Waals surface area contributed by atoms with Gasteiger partial charge < -0.3 is 5.73 Å². The van der Waals surface area contributed by atoms with E-state index in [4.69, 9.17) is 5.73 Å². The largest absolute Gasteiger partial charge is 0.313 e. The third kappa shape index (κ3) is 3.57. The number of hydrogen-bond donors (Lipinski definition) is 1. The average molecular weight is 402 g/mol. The lowest BCUT2D eigenvalue weighted by Crippen LogP contribution is -2.30. The average Bonchev–Trinajstić information content (AvgIpc) is 2.69. The fraction of sp³-hybridized carbons (Fsp3) is 0.0833. The van der Waals surface area contributed by atoms with Gasteiger partial charge in [-0.25, -0.2) is 0 Å². The Morgan fingerprint density at radius 3 is 1.92 bits per heavy atom. The zero-order chi connectivity index (χ0) is 18.0. The van der Waals surface area contributed by atoms with Crippen LogP contribution in [-0.2, 0) is 0 Å². The van der Waals surface area contributed by atoms with Crippen molar-refractivity contribution in [1.29, 1.82) is 0 Å². The van der Waals surface area contributed by atoms with Gasteiger partial charge in [-0.1, -0.05) is 113 Å². The lowest BCUT2D eigenvalue weighted by Gasteiger charge is -2.22. The lowest BCUT2D eigenvalue weighted by atomic mass is 9.90. The molecule has 0 saturated heterocycles. The van der Waals surface area contributed by atoms with Crippen molar-refractivity contribution in [3.05, 3.63) is 103 Å². The van der Waals surface area contributed by atoms with Crippen molar-refractivity contribution in [2.24, 2.45) is 5.73 Å². The highest BCUT2D eigenvalue weighted by Gasteiger charge is 2.20. The molecule has 0 heterocycles. The van der Waals surface area contributed by atoms with Gasteiger partial charge >= 0.3 is 0 Å². The Morgan fingerprint density at radius 1 is 0.692 bits per heavy atom. The molecule has 0 spiro atoms. The van der Waals surface area contributed by atoms with Crippen LogP contribution in [0.1, 0.15) is 12.0 Å². The van der Waals surface area contributed by atoms with E-state index >= 15 is 0 Å². The van der Waals surface area contributed by atoms with Crippen LogP contribution in [0.2, 0.25) is 0 Å². The van der Waals surface area contributed by atoms with Crippen LogP contribution in [-0.4, -0.2) is 4.45 Å². The predicted molar refractivity (Wildman–Crippen MR) is 115 cm³/mol. The summed E-state index contributed by atoms with van der Waals surface area (Å²) in [5, 5.41) is 0. The molecule has 26 heavy (non-hydrogen) atoms. The fourth-order valence-corrected chi connectivity index (χ4v) is 3.58. The number of halogens is 1. The molecule has 0 amide bonds. The van der Waals surface area contributed by atoms with E-state index in [1.54, 1.807) is 0 Å². The summed E-state index contributed by atoms with van der Waals surface area (Å²) in [4.78, 5) is 0. The normalized spacial score (nSPS) is 19.2. The minimum absolute atomic E-state index is 0.428. The Bertz CT molecular complexity index is 967. The van der Waals surface area contributed by atoms with Crippen LogP contribution in [0.25, 0.3) is 27.8 Å². The van der Waals surface area contributed by atoms with E-state index in [0.717, 1.165) is 6.42 Å². The fourth-order valence-electron chi connectivity index (χ4n) is 3.29. The molecule has 2 N–H and O–H groups in total. The Kier molecular flexibility index (Phi) is 4.62. The molecule has 0 aromatic heterocycles. The summed E-state index contributed by atoms with van der Waals surface area (Å²) in [6, 6.07) is 27.8. The van der Waals surface area contributed by atoms with Crippen LogP contribution in [0.15, 0.2) is 97.1 Å². The Morgan fingerprint density at radius 2 is 1.27 bits per heavy atom. The molecular formula is C24H20BrN. The zero-order valence-electron chi connectivity index (χ0n) is 14.4. The van der Waals surface area contributed by atoms with Gasteiger partial charge in [0.1, 0.15) is 0 Å². The van der Waals surface area contributed by atoms with E-state index in [9.17, 15) is 0 Å². The Labute approximate surface area is 163 Å². The van der Waals surface area contributed by atoms with Crippen LogP contribution in [0.3, 0.4) is 0 Å². The van der Waals surface area contributed by atoms with E-state index < -0.39 is 4.45 Å². The van der Waals surface area contributed by atoms with Crippen molar-refractivity contribution >= 4 is 21.5 Å². The van der Waals surface area contributed by atoms with Crippen molar-refractivity contribution < 1.29 is 0 Å². The van der Waals surface area contributed by atoms with Gasteiger partial charge in [-0.3, -0.25) is 0 Å².